The summed E-state index contributed by atoms with van der Waals surface area (Å²) in [7, 11) is 1.34. The number of phenolic OH excluding ortho intramolecular Hbond substituents is 3. The van der Waals surface area contributed by atoms with Crippen molar-refractivity contribution < 1.29 is 123 Å². The first-order valence-electron chi connectivity index (χ1n) is 21.3. The van der Waals surface area contributed by atoms with Gasteiger partial charge in [0.15, 0.2) is 29.7 Å². The quantitative estimate of drug-likeness (QED) is 0.0316. The number of rotatable bonds is 16. The lowest BCUT2D eigenvalue weighted by atomic mass is 9.97. The molecule has 1 unspecified atom stereocenters. The van der Waals surface area contributed by atoms with E-state index in [2.05, 4.69) is 0 Å². The Hall–Kier alpha value is -6.33. The minimum atomic E-state index is -2.00. The molecule has 3 saturated heterocycles. The first-order valence-corrected chi connectivity index (χ1v) is 21.3. The number of phenols is 3. The molecule has 3 aromatic carbocycles. The number of methoxy groups -OCH3 is 1. The maximum Gasteiger partial charge on any atom is 0.330 e. The highest BCUT2D eigenvalue weighted by molar-refractivity contribution is 5.90. The molecule has 0 radical (unpaired) electrons. The number of hydrogen-bond donors (Lipinski definition) is 12. The third-order valence-electron chi connectivity index (χ3n) is 11.4. The smallest absolute Gasteiger partial charge is 0.330 e. The first-order chi connectivity index (χ1) is 33.3. The van der Waals surface area contributed by atoms with Crippen LogP contribution in [0.25, 0.3) is 12.2 Å². The highest BCUT2D eigenvalue weighted by Crippen LogP contribution is 2.47. The summed E-state index contributed by atoms with van der Waals surface area (Å²) in [6.07, 6.45) is -24.0. The Bertz CT molecular complexity index is 2390. The number of aliphatic hydroxyl groups is 9. The van der Waals surface area contributed by atoms with Crippen LogP contribution in [-0.2, 0) is 47.5 Å². The number of aliphatic hydroxyl groups excluding tert-OH is 8. The van der Waals surface area contributed by atoms with E-state index in [0.29, 0.717) is 11.1 Å². The van der Waals surface area contributed by atoms with Crippen LogP contribution in [0, 0.1) is 0 Å². The fourth-order valence-corrected chi connectivity index (χ4v) is 7.64. The standard InChI is InChI=1S/C45H50O25/c1-61-27-10-18(2-8-23(27)48)3-9-32(52)62-16-30-36(56)38(58)42(70-43-39(59)34(54)24(49)15-64-43)45(69-30)67-28-13-22-25(65-41(28)19-4-6-20(46)7-5-19)11-21(47)12-26(22)66-44-40(60)37(57)35(55)29(68-44)17-63-33(53)14-31(50)51/h2-13,24,29-30,34-49,54-60H,14-17H2,1H3,(H,50,51)/p+1/b9-3+/t24-,29-,30-,34-,35-,36-,37+,38+,39-,40-,41?,42-,43-,44-,45-/m1/s1. The number of esters is 2. The summed E-state index contributed by atoms with van der Waals surface area (Å²) >= 11 is 0. The van der Waals surface area contributed by atoms with Crippen molar-refractivity contribution in [3.63, 3.8) is 0 Å². The van der Waals surface area contributed by atoms with Crippen LogP contribution >= 0.6 is 0 Å². The van der Waals surface area contributed by atoms with Crippen LogP contribution < -0.4 is 9.47 Å². The van der Waals surface area contributed by atoms with Gasteiger partial charge in [-0.1, -0.05) is 6.07 Å². The highest BCUT2D eigenvalue weighted by Gasteiger charge is 2.52. The lowest BCUT2D eigenvalue weighted by molar-refractivity contribution is -0.353. The zero-order valence-corrected chi connectivity index (χ0v) is 36.6. The molecule has 15 atom stereocenters. The van der Waals surface area contributed by atoms with Gasteiger partial charge in [-0.15, -0.1) is 0 Å². The molecule has 0 amide bonds. The topological polar surface area (TPSA) is 390 Å². The molecule has 4 aliphatic heterocycles. The largest absolute Gasteiger partial charge is 0.571 e. The molecule has 0 saturated carbocycles. The number of benzene rings is 3. The number of aromatic hydroxyl groups is 4. The van der Waals surface area contributed by atoms with Crippen LogP contribution in [0.1, 0.15) is 29.2 Å². The van der Waals surface area contributed by atoms with E-state index in [1.165, 1.54) is 67.8 Å². The summed E-state index contributed by atoms with van der Waals surface area (Å²) < 4.78 is 55.5. The Morgan fingerprint density at radius 1 is 0.714 bits per heavy atom. The summed E-state index contributed by atoms with van der Waals surface area (Å²) in [5, 5.41) is 126. The Kier molecular flexibility index (Phi) is 16.3. The molecule has 7 rings (SSSR count). The summed E-state index contributed by atoms with van der Waals surface area (Å²) in [6.45, 7) is -2.03. The molecular weight excluding hydrogens is 940 g/mol. The number of hydrogen-bond acceptors (Lipinski definition) is 23. The van der Waals surface area contributed by atoms with Crippen molar-refractivity contribution in [3.8, 4) is 34.5 Å². The van der Waals surface area contributed by atoms with E-state index in [0.717, 1.165) is 12.1 Å². The van der Waals surface area contributed by atoms with Crippen LogP contribution in [0.2, 0.25) is 0 Å². The van der Waals surface area contributed by atoms with E-state index in [1.807, 2.05) is 0 Å². The van der Waals surface area contributed by atoms with Crippen LogP contribution in [0.15, 0.2) is 66.4 Å². The molecule has 0 spiro atoms. The van der Waals surface area contributed by atoms with Crippen LogP contribution in [0.3, 0.4) is 0 Å². The summed E-state index contributed by atoms with van der Waals surface area (Å²) in [4.78, 5) is 35.8. The second-order valence-electron chi connectivity index (χ2n) is 16.3. The fourth-order valence-electron chi connectivity index (χ4n) is 7.64. The van der Waals surface area contributed by atoms with E-state index in [1.54, 1.807) is 0 Å². The third kappa shape index (κ3) is 11.8. The van der Waals surface area contributed by atoms with Crippen molar-refractivity contribution >= 4 is 30.1 Å². The van der Waals surface area contributed by atoms with Crippen LogP contribution in [-0.4, -0.2) is 197 Å². The average molecular weight is 992 g/mol. The summed E-state index contributed by atoms with van der Waals surface area (Å²) in [5.41, 5.74) is 0.767. The third-order valence-corrected chi connectivity index (χ3v) is 11.4. The first kappa shape index (κ1) is 51.5. The minimum Gasteiger partial charge on any atom is -0.571 e. The predicted octanol–water partition coefficient (Wildman–Crippen LogP) is -2.10. The number of carboxylic acids is 1. The highest BCUT2D eigenvalue weighted by atomic mass is 16.8. The Labute approximate surface area is 395 Å². The van der Waals surface area contributed by atoms with E-state index < -0.39 is 142 Å². The second-order valence-corrected chi connectivity index (χ2v) is 16.3. The SMILES string of the molecule is COc1cc(/C=C/C(=O)OC[C@H]2O[C@@H](OC3=Cc4c(O[C@@H]5O[C@H](COC(=O)CC(=O)O)[C@@H](O)[C@H](O)[C@H]5O)cc(O)cc4[OH+]C3c3ccc(O)cc3)[C@H](O[C@H]3OC[C@@H](O)[C@@H](O)[C@H]3O)[C@@H](O)[C@@H]2O)ccc1O. The molecule has 4 heterocycles. The van der Waals surface area contributed by atoms with Crippen molar-refractivity contribution in [3.05, 3.63) is 83.1 Å². The molecule has 3 fully saturated rings. The van der Waals surface area contributed by atoms with Crippen LogP contribution in [0.5, 0.6) is 34.5 Å². The van der Waals surface area contributed by atoms with Gasteiger partial charge < -0.3 is 109 Å². The second kappa shape index (κ2) is 22.2. The van der Waals surface area contributed by atoms with Gasteiger partial charge in [0, 0.05) is 18.2 Å². The van der Waals surface area contributed by atoms with Crippen LogP contribution in [0.4, 0.5) is 0 Å². The molecule has 0 aliphatic carbocycles. The number of carbonyl (C=O) groups is 3. The zero-order valence-electron chi connectivity index (χ0n) is 36.6. The van der Waals surface area contributed by atoms with E-state index in [-0.39, 0.29) is 40.1 Å². The Morgan fingerprint density at radius 2 is 1.39 bits per heavy atom. The molecule has 3 aromatic rings. The number of fused-ring (bicyclic) bond motifs is 1. The molecular formula is C45H51O25+. The average Bonchev–Trinajstić information content (AvgIpc) is 3.32. The van der Waals surface area contributed by atoms with E-state index >= 15 is 0 Å². The Balaban J connectivity index is 1.20. The molecule has 0 bridgehead atoms. The number of ether oxygens (including phenoxy) is 10. The lowest BCUT2D eigenvalue weighted by Crippen LogP contribution is -2.63. The van der Waals surface area contributed by atoms with Crippen molar-refractivity contribution in [1.82, 2.24) is 0 Å². The van der Waals surface area contributed by atoms with Gasteiger partial charge in [-0.25, -0.2) is 4.79 Å². The number of aliphatic carboxylic acids is 1. The maximum absolute atomic E-state index is 12.9. The zero-order chi connectivity index (χ0) is 50.6. The molecule has 25 heteroatoms. The van der Waals surface area contributed by atoms with E-state index in [9.17, 15) is 70.6 Å². The maximum atomic E-state index is 12.9. The van der Waals surface area contributed by atoms with E-state index in [4.69, 9.17) is 52.5 Å². The van der Waals surface area contributed by atoms with Crippen molar-refractivity contribution in [2.24, 2.45) is 0 Å². The monoisotopic (exact) mass is 991 g/mol. The van der Waals surface area contributed by atoms with Gasteiger partial charge >= 0.3 is 17.9 Å². The molecule has 0 aromatic heterocycles. The summed E-state index contributed by atoms with van der Waals surface area (Å²) in [5.74, 6) is -4.71. The lowest BCUT2D eigenvalue weighted by Gasteiger charge is -2.45. The molecule has 70 heavy (non-hydrogen) atoms. The van der Waals surface area contributed by atoms with Gasteiger partial charge in [-0.2, -0.15) is 0 Å². The van der Waals surface area contributed by atoms with Gasteiger partial charge in [0.25, 0.3) is 11.9 Å². The number of carbonyl (C=O) groups excluding carboxylic acids is 2. The fraction of sp³-hybridized carbons (Fsp3) is 0.444. The van der Waals surface area contributed by atoms with Crippen molar-refractivity contribution in [1.29, 1.82) is 0 Å². The normalized spacial score (nSPS) is 31.9. The van der Waals surface area contributed by atoms with Crippen molar-refractivity contribution in [2.75, 3.05) is 26.9 Å². The van der Waals surface area contributed by atoms with Crippen molar-refractivity contribution in [2.45, 2.75) is 98.5 Å². The number of carboxylic acid groups (broad SMARTS) is 1. The molecule has 4 aliphatic rings. The predicted molar refractivity (Wildman–Crippen MR) is 228 cm³/mol. The van der Waals surface area contributed by atoms with Gasteiger partial charge in [0.05, 0.1) is 25.3 Å². The minimum absolute atomic E-state index is 0.00754. The molecule has 25 nitrogen and oxygen atoms in total. The Morgan fingerprint density at radius 3 is 2.09 bits per heavy atom. The molecule has 380 valence electrons. The van der Waals surface area contributed by atoms with Gasteiger partial charge in [-0.05, 0) is 48.0 Å². The van der Waals surface area contributed by atoms with Gasteiger partial charge in [-0.3, -0.25) is 9.59 Å². The van der Waals surface area contributed by atoms with Gasteiger partial charge in [0.1, 0.15) is 103 Å². The van der Waals surface area contributed by atoms with Gasteiger partial charge in [0.2, 0.25) is 12.6 Å². The molecule has 13 N–H and O–H groups in total. The summed E-state index contributed by atoms with van der Waals surface area (Å²) in [6, 6.07) is 12.1.